The van der Waals surface area contributed by atoms with Gasteiger partial charge in [-0.05, 0) is 67.9 Å². The molecule has 0 radical (unpaired) electrons. The van der Waals surface area contributed by atoms with E-state index in [9.17, 15) is 0 Å². The van der Waals surface area contributed by atoms with Gasteiger partial charge in [-0.25, -0.2) is 0 Å². The highest BCUT2D eigenvalue weighted by Gasteiger charge is 2.06. The predicted octanol–water partition coefficient (Wildman–Crippen LogP) is 4.58. The summed E-state index contributed by atoms with van der Waals surface area (Å²) in [4.78, 5) is 0. The van der Waals surface area contributed by atoms with Crippen molar-refractivity contribution in [2.45, 2.75) is 20.3 Å². The van der Waals surface area contributed by atoms with E-state index in [4.69, 9.17) is 33.3 Å². The second-order valence-corrected chi connectivity index (χ2v) is 6.35. The van der Waals surface area contributed by atoms with E-state index in [1.54, 1.807) is 7.11 Å². The van der Waals surface area contributed by atoms with Gasteiger partial charge in [-0.1, -0.05) is 23.7 Å². The standard InChI is InChI=1S/C19H23ClN2O2S/c1-4-24-17-8-6-14(12-18(17)23-3)9-10-21-19(25)22-16-7-5-13(2)11-15(16)20/h5-8,11-12H,4,9-10H2,1-3H3,(H2,21,22,25). The molecule has 4 nitrogen and oxygen atoms in total. The van der Waals surface area contributed by atoms with E-state index in [-0.39, 0.29) is 0 Å². The van der Waals surface area contributed by atoms with Crippen LogP contribution in [0.3, 0.4) is 0 Å². The number of thiocarbonyl (C=S) groups is 1. The highest BCUT2D eigenvalue weighted by atomic mass is 35.5. The van der Waals surface area contributed by atoms with Gasteiger partial charge < -0.3 is 20.1 Å². The van der Waals surface area contributed by atoms with Crippen LogP contribution in [0.25, 0.3) is 0 Å². The minimum absolute atomic E-state index is 0.545. The lowest BCUT2D eigenvalue weighted by atomic mass is 10.1. The van der Waals surface area contributed by atoms with Crippen molar-refractivity contribution < 1.29 is 9.47 Å². The van der Waals surface area contributed by atoms with Crippen molar-refractivity contribution in [2.75, 3.05) is 25.6 Å². The third-order valence-corrected chi connectivity index (χ3v) is 4.16. The van der Waals surface area contributed by atoms with E-state index in [0.717, 1.165) is 34.7 Å². The smallest absolute Gasteiger partial charge is 0.170 e. The Morgan fingerprint density at radius 3 is 2.64 bits per heavy atom. The number of rotatable bonds is 7. The molecule has 0 saturated heterocycles. The summed E-state index contributed by atoms with van der Waals surface area (Å²) >= 11 is 11.5. The zero-order chi connectivity index (χ0) is 18.2. The third kappa shape index (κ3) is 5.80. The summed E-state index contributed by atoms with van der Waals surface area (Å²) in [6, 6.07) is 11.8. The molecule has 0 heterocycles. The highest BCUT2D eigenvalue weighted by Crippen LogP contribution is 2.28. The summed E-state index contributed by atoms with van der Waals surface area (Å²) in [7, 11) is 1.64. The van der Waals surface area contributed by atoms with E-state index in [0.29, 0.717) is 23.3 Å². The molecule has 2 N–H and O–H groups in total. The van der Waals surface area contributed by atoms with Gasteiger partial charge in [-0.15, -0.1) is 0 Å². The van der Waals surface area contributed by atoms with Gasteiger partial charge in [0.15, 0.2) is 16.6 Å². The summed E-state index contributed by atoms with van der Waals surface area (Å²) in [5.74, 6) is 1.50. The average Bonchev–Trinajstić information content (AvgIpc) is 2.59. The van der Waals surface area contributed by atoms with Crippen LogP contribution in [-0.4, -0.2) is 25.4 Å². The summed E-state index contributed by atoms with van der Waals surface area (Å²) < 4.78 is 10.9. The summed E-state index contributed by atoms with van der Waals surface area (Å²) in [6.07, 6.45) is 0.812. The number of benzene rings is 2. The minimum atomic E-state index is 0.545. The number of aryl methyl sites for hydroxylation is 1. The SMILES string of the molecule is CCOc1ccc(CCNC(=S)Nc2ccc(C)cc2Cl)cc1OC. The summed E-state index contributed by atoms with van der Waals surface area (Å²) in [5.41, 5.74) is 3.05. The second kappa shape index (κ2) is 9.49. The fourth-order valence-electron chi connectivity index (χ4n) is 2.35. The topological polar surface area (TPSA) is 42.5 Å². The Morgan fingerprint density at radius 2 is 1.96 bits per heavy atom. The van der Waals surface area contributed by atoms with Crippen molar-refractivity contribution in [1.82, 2.24) is 5.32 Å². The molecule has 0 fully saturated rings. The average molecular weight is 379 g/mol. The van der Waals surface area contributed by atoms with Crippen LogP contribution in [0.15, 0.2) is 36.4 Å². The molecular weight excluding hydrogens is 356 g/mol. The molecule has 0 aliphatic rings. The normalized spacial score (nSPS) is 10.2. The van der Waals surface area contributed by atoms with Crippen LogP contribution < -0.4 is 20.1 Å². The minimum Gasteiger partial charge on any atom is -0.493 e. The molecule has 2 aromatic carbocycles. The van der Waals surface area contributed by atoms with Crippen LogP contribution in [0, 0.1) is 6.92 Å². The number of anilines is 1. The molecule has 6 heteroatoms. The zero-order valence-corrected chi connectivity index (χ0v) is 16.3. The van der Waals surface area contributed by atoms with Gasteiger partial charge in [-0.3, -0.25) is 0 Å². The maximum Gasteiger partial charge on any atom is 0.170 e. The predicted molar refractivity (Wildman–Crippen MR) is 108 cm³/mol. The summed E-state index contributed by atoms with van der Waals surface area (Å²) in [5, 5.41) is 7.50. The largest absolute Gasteiger partial charge is 0.493 e. The molecule has 0 spiro atoms. The van der Waals surface area contributed by atoms with Gasteiger partial charge in [-0.2, -0.15) is 0 Å². The molecule has 2 rings (SSSR count). The van der Waals surface area contributed by atoms with Gasteiger partial charge in [0.2, 0.25) is 0 Å². The zero-order valence-electron chi connectivity index (χ0n) is 14.7. The molecule has 25 heavy (non-hydrogen) atoms. The molecule has 0 bridgehead atoms. The number of hydrogen-bond donors (Lipinski definition) is 2. The Bertz CT molecular complexity index is 737. The third-order valence-electron chi connectivity index (χ3n) is 3.60. The quantitative estimate of drug-likeness (QED) is 0.690. The molecule has 0 amide bonds. The lowest BCUT2D eigenvalue weighted by molar-refractivity contribution is 0.310. The summed E-state index contributed by atoms with van der Waals surface area (Å²) in [6.45, 7) is 5.26. The van der Waals surface area contributed by atoms with E-state index >= 15 is 0 Å². The Balaban J connectivity index is 1.86. The molecule has 0 saturated carbocycles. The van der Waals surface area contributed by atoms with Gasteiger partial charge >= 0.3 is 0 Å². The molecule has 0 aromatic heterocycles. The molecule has 0 aliphatic carbocycles. The van der Waals surface area contributed by atoms with Crippen LogP contribution in [0.2, 0.25) is 5.02 Å². The van der Waals surface area contributed by atoms with E-state index in [1.807, 2.05) is 50.2 Å². The van der Waals surface area contributed by atoms with Gasteiger partial charge in [0, 0.05) is 6.54 Å². The molecule has 0 atom stereocenters. The van der Waals surface area contributed by atoms with Crippen LogP contribution in [-0.2, 0) is 6.42 Å². The van der Waals surface area contributed by atoms with Crippen molar-refractivity contribution in [3.63, 3.8) is 0 Å². The van der Waals surface area contributed by atoms with E-state index in [1.165, 1.54) is 0 Å². The molecule has 134 valence electrons. The van der Waals surface area contributed by atoms with Crippen molar-refractivity contribution in [1.29, 1.82) is 0 Å². The molecule has 0 aliphatic heterocycles. The van der Waals surface area contributed by atoms with Crippen molar-refractivity contribution >= 4 is 34.6 Å². The number of methoxy groups -OCH3 is 1. The Labute approximate surface area is 159 Å². The first-order valence-corrected chi connectivity index (χ1v) is 8.92. The van der Waals surface area contributed by atoms with Crippen LogP contribution in [0.1, 0.15) is 18.1 Å². The maximum absolute atomic E-state index is 6.20. The molecular formula is C19H23ClN2O2S. The fourth-order valence-corrected chi connectivity index (χ4v) is 2.84. The first-order chi connectivity index (χ1) is 12.0. The fraction of sp³-hybridized carbons (Fsp3) is 0.316. The first kappa shape index (κ1) is 19.3. The number of ether oxygens (including phenoxy) is 2. The highest BCUT2D eigenvalue weighted by molar-refractivity contribution is 7.80. The lowest BCUT2D eigenvalue weighted by Gasteiger charge is -2.13. The van der Waals surface area contributed by atoms with Gasteiger partial charge in [0.25, 0.3) is 0 Å². The lowest BCUT2D eigenvalue weighted by Crippen LogP contribution is -2.30. The van der Waals surface area contributed by atoms with Crippen molar-refractivity contribution in [2.24, 2.45) is 0 Å². The first-order valence-electron chi connectivity index (χ1n) is 8.14. The Hall–Kier alpha value is -1.98. The monoisotopic (exact) mass is 378 g/mol. The Morgan fingerprint density at radius 1 is 1.16 bits per heavy atom. The Kier molecular flexibility index (Phi) is 7.34. The number of hydrogen-bond acceptors (Lipinski definition) is 3. The van der Waals surface area contributed by atoms with Gasteiger partial charge in [0.05, 0.1) is 24.4 Å². The van der Waals surface area contributed by atoms with Crippen molar-refractivity contribution in [3.05, 3.63) is 52.5 Å². The molecule has 2 aromatic rings. The van der Waals surface area contributed by atoms with Crippen LogP contribution in [0.5, 0.6) is 11.5 Å². The van der Waals surface area contributed by atoms with Crippen LogP contribution in [0.4, 0.5) is 5.69 Å². The van der Waals surface area contributed by atoms with Gasteiger partial charge in [0.1, 0.15) is 0 Å². The van der Waals surface area contributed by atoms with E-state index < -0.39 is 0 Å². The van der Waals surface area contributed by atoms with Crippen molar-refractivity contribution in [3.8, 4) is 11.5 Å². The number of nitrogens with one attached hydrogen (secondary N) is 2. The second-order valence-electron chi connectivity index (χ2n) is 5.53. The van der Waals surface area contributed by atoms with E-state index in [2.05, 4.69) is 10.6 Å². The molecule has 0 unspecified atom stereocenters. The number of halogens is 1. The maximum atomic E-state index is 6.20. The van der Waals surface area contributed by atoms with Crippen LogP contribution >= 0.6 is 23.8 Å².